The zero-order valence-corrected chi connectivity index (χ0v) is 22.4. The number of rotatable bonds is 8. The van der Waals surface area contributed by atoms with Gasteiger partial charge in [0.25, 0.3) is 0 Å². The van der Waals surface area contributed by atoms with Gasteiger partial charge in [-0.2, -0.15) is 0 Å². The first-order valence-corrected chi connectivity index (χ1v) is 13.1. The Hall–Kier alpha value is -4.08. The number of piperidine rings is 1. The minimum atomic E-state index is -0.528. The fraction of sp³-hybridized carbons (Fsp3) is 0.241. The number of nitrogens with two attached hydrogens (primary N) is 1. The van der Waals surface area contributed by atoms with Crippen LogP contribution in [0.15, 0.2) is 85.3 Å². The molecule has 1 aliphatic rings. The summed E-state index contributed by atoms with van der Waals surface area (Å²) < 4.78 is 23.3. The highest BCUT2D eigenvalue weighted by molar-refractivity contribution is 6.31. The van der Waals surface area contributed by atoms with Crippen LogP contribution in [-0.2, 0) is 11.3 Å². The van der Waals surface area contributed by atoms with E-state index in [1.807, 2.05) is 30.3 Å². The summed E-state index contributed by atoms with van der Waals surface area (Å²) in [7, 11) is 0. The lowest BCUT2D eigenvalue weighted by Gasteiger charge is -2.32. The summed E-state index contributed by atoms with van der Waals surface area (Å²) in [6.45, 7) is 8.34. The van der Waals surface area contributed by atoms with Gasteiger partial charge in [-0.3, -0.25) is 14.5 Å². The van der Waals surface area contributed by atoms with Gasteiger partial charge in [0.1, 0.15) is 23.1 Å². The number of hydrogen-bond acceptors (Lipinski definition) is 7. The largest absolute Gasteiger partial charge is 0.488 e. The minimum Gasteiger partial charge on any atom is -0.488 e. The Morgan fingerprint density at radius 2 is 2.00 bits per heavy atom. The number of likely N-dealkylation sites (tertiary alicyclic amines) is 1. The standard InChI is InChI=1S/C29H29ClFN7O/c1-3-26(39-22-8-12-37(13-9-22)18-20-7-11-34-27(32)15-20)23(31)14-19(2)38-28-25(16-21(30)17-35-28)36-29(38)24-6-4-5-10-33-24/h3-7,10-11,14-17,22H,2,8-9,12-13,18H2,1H3,(H2,32,34)/b23-14+,26-3+. The molecule has 0 aliphatic carbocycles. The van der Waals surface area contributed by atoms with E-state index >= 15 is 4.39 Å². The van der Waals surface area contributed by atoms with Crippen LogP contribution in [0.25, 0.3) is 28.4 Å². The molecule has 4 aromatic heterocycles. The molecule has 1 fully saturated rings. The fourth-order valence-electron chi connectivity index (χ4n) is 4.64. The van der Waals surface area contributed by atoms with Crippen molar-refractivity contribution >= 4 is 34.3 Å². The maximum absolute atomic E-state index is 15.6. The van der Waals surface area contributed by atoms with E-state index in [0.29, 0.717) is 39.2 Å². The van der Waals surface area contributed by atoms with Crippen LogP contribution in [0.2, 0.25) is 5.02 Å². The van der Waals surface area contributed by atoms with Gasteiger partial charge in [0.15, 0.2) is 23.1 Å². The second-order valence-electron chi connectivity index (χ2n) is 9.30. The van der Waals surface area contributed by atoms with Gasteiger partial charge >= 0.3 is 0 Å². The van der Waals surface area contributed by atoms with Crippen LogP contribution in [0.1, 0.15) is 25.3 Å². The SMILES string of the molecule is C=C(/C=C(F)\C(=C/C)OC1CCN(Cc2ccnc(N)c2)CC1)n1c(-c2ccccn2)nc2cc(Cl)cnc21. The van der Waals surface area contributed by atoms with Gasteiger partial charge < -0.3 is 10.5 Å². The molecule has 0 saturated carbocycles. The van der Waals surface area contributed by atoms with Gasteiger partial charge in [0, 0.05) is 50.0 Å². The molecule has 8 nitrogen and oxygen atoms in total. The molecule has 0 atom stereocenters. The second-order valence-corrected chi connectivity index (χ2v) is 9.74. The highest BCUT2D eigenvalue weighted by Crippen LogP contribution is 2.29. The molecular formula is C29H29ClFN7O. The summed E-state index contributed by atoms with van der Waals surface area (Å²) >= 11 is 6.14. The van der Waals surface area contributed by atoms with Crippen LogP contribution >= 0.6 is 11.6 Å². The van der Waals surface area contributed by atoms with E-state index in [2.05, 4.69) is 31.4 Å². The van der Waals surface area contributed by atoms with Crippen molar-refractivity contribution in [2.45, 2.75) is 32.4 Å². The number of pyridine rings is 3. The van der Waals surface area contributed by atoms with Crippen LogP contribution in [0.3, 0.4) is 0 Å². The number of allylic oxidation sites excluding steroid dienone is 4. The number of halogens is 2. The lowest BCUT2D eigenvalue weighted by atomic mass is 10.1. The summed E-state index contributed by atoms with van der Waals surface area (Å²) in [5.41, 5.74) is 8.92. The average molecular weight is 546 g/mol. The first kappa shape index (κ1) is 26.5. The Morgan fingerprint density at radius 1 is 1.18 bits per heavy atom. The topological polar surface area (TPSA) is 95.0 Å². The number of anilines is 1. The fourth-order valence-corrected chi connectivity index (χ4v) is 4.79. The van der Waals surface area contributed by atoms with E-state index in [9.17, 15) is 0 Å². The molecule has 2 N–H and O–H groups in total. The molecule has 200 valence electrons. The Bertz CT molecular complexity index is 1540. The lowest BCUT2D eigenvalue weighted by Crippen LogP contribution is -2.36. The van der Waals surface area contributed by atoms with Gasteiger partial charge in [0.2, 0.25) is 0 Å². The quantitative estimate of drug-likeness (QED) is 0.213. The van der Waals surface area contributed by atoms with Gasteiger partial charge in [-0.25, -0.2) is 19.3 Å². The van der Waals surface area contributed by atoms with Crippen LogP contribution in [0, 0.1) is 0 Å². The third-order valence-electron chi connectivity index (χ3n) is 6.52. The van der Waals surface area contributed by atoms with Crippen molar-refractivity contribution in [1.29, 1.82) is 0 Å². The van der Waals surface area contributed by atoms with Crippen LogP contribution in [0.4, 0.5) is 10.2 Å². The smallest absolute Gasteiger partial charge is 0.166 e. The van der Waals surface area contributed by atoms with Crippen molar-refractivity contribution in [2.75, 3.05) is 18.8 Å². The summed E-state index contributed by atoms with van der Waals surface area (Å²) in [4.78, 5) is 19.9. The molecule has 5 heterocycles. The molecule has 1 saturated heterocycles. The van der Waals surface area contributed by atoms with E-state index in [1.165, 1.54) is 12.3 Å². The average Bonchev–Trinajstić information content (AvgIpc) is 3.32. The third-order valence-corrected chi connectivity index (χ3v) is 6.72. The molecule has 1 aliphatic heterocycles. The number of nitrogen functional groups attached to an aromatic ring is 1. The maximum atomic E-state index is 15.6. The van der Waals surface area contributed by atoms with Crippen molar-refractivity contribution < 1.29 is 9.13 Å². The number of fused-ring (bicyclic) bond motifs is 1. The number of aromatic nitrogens is 5. The van der Waals surface area contributed by atoms with Gasteiger partial charge in [-0.15, -0.1) is 0 Å². The summed E-state index contributed by atoms with van der Waals surface area (Å²) in [5, 5.41) is 0.451. The molecule has 0 amide bonds. The lowest BCUT2D eigenvalue weighted by molar-refractivity contribution is 0.0477. The number of ether oxygens (including phenoxy) is 1. The van der Waals surface area contributed by atoms with Crippen molar-refractivity contribution in [3.63, 3.8) is 0 Å². The summed E-state index contributed by atoms with van der Waals surface area (Å²) in [6, 6.07) is 11.1. The van der Waals surface area contributed by atoms with Crippen LogP contribution < -0.4 is 5.73 Å². The molecule has 39 heavy (non-hydrogen) atoms. The Labute approximate surface area is 231 Å². The highest BCUT2D eigenvalue weighted by atomic mass is 35.5. The van der Waals surface area contributed by atoms with E-state index in [1.54, 1.807) is 36.0 Å². The van der Waals surface area contributed by atoms with Crippen molar-refractivity contribution in [1.82, 2.24) is 29.4 Å². The van der Waals surface area contributed by atoms with Gasteiger partial charge in [-0.05, 0) is 61.7 Å². The Morgan fingerprint density at radius 3 is 2.72 bits per heavy atom. The van der Waals surface area contributed by atoms with Crippen molar-refractivity contribution in [3.05, 3.63) is 95.9 Å². The van der Waals surface area contributed by atoms with Crippen molar-refractivity contribution in [2.24, 2.45) is 0 Å². The predicted molar refractivity (Wildman–Crippen MR) is 152 cm³/mol. The Balaban J connectivity index is 1.30. The molecule has 0 unspecified atom stereocenters. The number of imidazole rings is 1. The minimum absolute atomic E-state index is 0.0932. The molecule has 0 bridgehead atoms. The van der Waals surface area contributed by atoms with Gasteiger partial charge in [0.05, 0.1) is 5.02 Å². The number of nitrogens with zero attached hydrogens (tertiary/aromatic N) is 6. The normalized spacial score (nSPS) is 15.6. The molecule has 0 aromatic carbocycles. The second kappa shape index (κ2) is 11.8. The van der Waals surface area contributed by atoms with E-state index in [4.69, 9.17) is 22.1 Å². The van der Waals surface area contributed by atoms with Crippen LogP contribution in [0.5, 0.6) is 0 Å². The van der Waals surface area contributed by atoms with E-state index in [-0.39, 0.29) is 11.9 Å². The van der Waals surface area contributed by atoms with Crippen LogP contribution in [-0.4, -0.2) is 48.6 Å². The van der Waals surface area contributed by atoms with E-state index in [0.717, 1.165) is 38.0 Å². The molecule has 0 spiro atoms. The molecule has 4 aromatic rings. The first-order valence-electron chi connectivity index (χ1n) is 12.7. The van der Waals surface area contributed by atoms with Gasteiger partial charge in [-0.1, -0.05) is 24.2 Å². The van der Waals surface area contributed by atoms with Crippen molar-refractivity contribution in [3.8, 4) is 11.5 Å². The zero-order chi connectivity index (χ0) is 27.4. The third kappa shape index (κ3) is 6.16. The molecule has 0 radical (unpaired) electrons. The first-order chi connectivity index (χ1) is 18.9. The molecule has 5 rings (SSSR count). The molecule has 10 heteroatoms. The zero-order valence-electron chi connectivity index (χ0n) is 21.6. The molecular weight excluding hydrogens is 517 g/mol. The monoisotopic (exact) mass is 545 g/mol. The Kier molecular flexibility index (Phi) is 7.99. The highest BCUT2D eigenvalue weighted by Gasteiger charge is 2.23. The number of hydrogen-bond donors (Lipinski definition) is 1. The maximum Gasteiger partial charge on any atom is 0.166 e. The van der Waals surface area contributed by atoms with E-state index < -0.39 is 5.83 Å². The summed E-state index contributed by atoms with van der Waals surface area (Å²) in [5.74, 6) is 0.652. The predicted octanol–water partition coefficient (Wildman–Crippen LogP) is 6.03. The summed E-state index contributed by atoms with van der Waals surface area (Å²) in [6.07, 6.45) is 9.36.